The van der Waals surface area contributed by atoms with Gasteiger partial charge in [-0.3, -0.25) is 4.90 Å². The van der Waals surface area contributed by atoms with Crippen LogP contribution in [0.15, 0.2) is 54.6 Å². The molecule has 4 heteroatoms. The van der Waals surface area contributed by atoms with Crippen molar-refractivity contribution in [2.45, 2.75) is 44.2 Å². The van der Waals surface area contributed by atoms with Gasteiger partial charge < -0.3 is 15.1 Å². The highest BCUT2D eigenvalue weighted by atomic mass is 16.3. The monoisotopic (exact) mass is 396 g/mol. The first-order valence-corrected chi connectivity index (χ1v) is 10.9. The fourth-order valence-electron chi connectivity index (χ4n) is 4.76. The minimum absolute atomic E-state index is 0.0703. The highest BCUT2D eigenvalue weighted by Crippen LogP contribution is 2.41. The topological polar surface area (TPSA) is 46.9 Å². The number of likely N-dealkylation sites (tertiary alicyclic amines) is 1. The minimum Gasteiger partial charge on any atom is -0.508 e. The third kappa shape index (κ3) is 5.19. The summed E-state index contributed by atoms with van der Waals surface area (Å²) in [5.74, 6) is 0.285. The van der Waals surface area contributed by atoms with E-state index in [9.17, 15) is 10.2 Å². The number of aromatic hydroxyl groups is 1. The average Bonchev–Trinajstić information content (AvgIpc) is 2.71. The second-order valence-corrected chi connectivity index (χ2v) is 8.75. The number of benzene rings is 2. The summed E-state index contributed by atoms with van der Waals surface area (Å²) in [7, 11) is 4.13. The molecule has 1 fully saturated rings. The van der Waals surface area contributed by atoms with E-state index in [0.29, 0.717) is 12.5 Å². The molecule has 1 saturated heterocycles. The van der Waals surface area contributed by atoms with Crippen LogP contribution in [0.25, 0.3) is 0 Å². The molecule has 1 aliphatic heterocycles. The van der Waals surface area contributed by atoms with E-state index in [0.717, 1.165) is 31.6 Å². The van der Waals surface area contributed by atoms with Gasteiger partial charge in [-0.15, -0.1) is 0 Å². The molecule has 158 valence electrons. The van der Waals surface area contributed by atoms with Crippen molar-refractivity contribution in [3.8, 4) is 5.75 Å². The highest BCUT2D eigenvalue weighted by molar-refractivity contribution is 5.33. The molecule has 2 N–H and O–H groups in total. The van der Waals surface area contributed by atoms with Crippen molar-refractivity contribution in [1.82, 2.24) is 9.80 Å². The van der Waals surface area contributed by atoms with Crippen molar-refractivity contribution in [2.24, 2.45) is 5.92 Å². The van der Waals surface area contributed by atoms with Gasteiger partial charge in [0.1, 0.15) is 5.75 Å². The van der Waals surface area contributed by atoms with Crippen molar-refractivity contribution in [3.05, 3.63) is 65.7 Å². The molecular formula is C25H36N2O2. The lowest BCUT2D eigenvalue weighted by Gasteiger charge is -2.48. The van der Waals surface area contributed by atoms with Gasteiger partial charge in [0.15, 0.2) is 0 Å². The summed E-state index contributed by atoms with van der Waals surface area (Å²) >= 11 is 0. The molecule has 2 aromatic carbocycles. The standard InChI is InChI=1S/C25H36N2O2/c1-4-5-14-24(20-10-7-6-8-11-20)27-16-15-25(29,22(19-27)18-26(2)3)21-12-9-13-23(28)17-21/h6-13,17,22,24,28-29H,4-5,14-16,18-19H2,1-3H3. The Bertz CT molecular complexity index is 764. The van der Waals surface area contributed by atoms with Crippen molar-refractivity contribution in [3.63, 3.8) is 0 Å². The molecule has 3 unspecified atom stereocenters. The molecule has 2 aromatic rings. The van der Waals surface area contributed by atoms with Crippen LogP contribution in [0.5, 0.6) is 5.75 Å². The third-order valence-corrected chi connectivity index (χ3v) is 6.30. The van der Waals surface area contributed by atoms with Gasteiger partial charge in [0, 0.05) is 31.6 Å². The Morgan fingerprint density at radius 1 is 1.14 bits per heavy atom. The number of piperidine rings is 1. The zero-order valence-corrected chi connectivity index (χ0v) is 18.1. The predicted octanol–water partition coefficient (Wildman–Crippen LogP) is 4.39. The van der Waals surface area contributed by atoms with E-state index in [4.69, 9.17) is 0 Å². The van der Waals surface area contributed by atoms with E-state index < -0.39 is 5.60 Å². The van der Waals surface area contributed by atoms with Crippen molar-refractivity contribution in [2.75, 3.05) is 33.7 Å². The molecule has 0 spiro atoms. The Hall–Kier alpha value is -1.88. The number of nitrogens with zero attached hydrogens (tertiary/aromatic N) is 2. The smallest absolute Gasteiger partial charge is 0.115 e. The van der Waals surface area contributed by atoms with Crippen molar-refractivity contribution < 1.29 is 10.2 Å². The predicted molar refractivity (Wildman–Crippen MR) is 119 cm³/mol. The molecule has 1 aliphatic rings. The molecule has 29 heavy (non-hydrogen) atoms. The molecule has 0 bridgehead atoms. The van der Waals surface area contributed by atoms with Crippen molar-refractivity contribution in [1.29, 1.82) is 0 Å². The van der Waals surface area contributed by atoms with Crippen LogP contribution in [0, 0.1) is 5.92 Å². The van der Waals surface area contributed by atoms with Gasteiger partial charge in [-0.05, 0) is 50.2 Å². The number of rotatable bonds is 8. The zero-order valence-electron chi connectivity index (χ0n) is 18.1. The van der Waals surface area contributed by atoms with Gasteiger partial charge in [0.2, 0.25) is 0 Å². The van der Waals surface area contributed by atoms with E-state index in [2.05, 4.69) is 61.2 Å². The third-order valence-electron chi connectivity index (χ3n) is 6.30. The van der Waals surface area contributed by atoms with Crippen LogP contribution in [0.4, 0.5) is 0 Å². The van der Waals surface area contributed by atoms with Gasteiger partial charge in [-0.25, -0.2) is 0 Å². The molecular weight excluding hydrogens is 360 g/mol. The zero-order chi connectivity index (χ0) is 20.9. The number of unbranched alkanes of at least 4 members (excludes halogenated alkanes) is 1. The fourth-order valence-corrected chi connectivity index (χ4v) is 4.76. The van der Waals surface area contributed by atoms with E-state index in [1.807, 2.05) is 12.1 Å². The summed E-state index contributed by atoms with van der Waals surface area (Å²) in [4.78, 5) is 4.72. The van der Waals surface area contributed by atoms with Gasteiger partial charge in [0.05, 0.1) is 5.60 Å². The van der Waals surface area contributed by atoms with Crippen LogP contribution in [0.2, 0.25) is 0 Å². The van der Waals surface area contributed by atoms with Crippen LogP contribution in [-0.4, -0.2) is 53.7 Å². The van der Waals surface area contributed by atoms with Gasteiger partial charge in [-0.1, -0.05) is 62.2 Å². The molecule has 3 atom stereocenters. The average molecular weight is 397 g/mol. The van der Waals surface area contributed by atoms with Crippen LogP contribution in [-0.2, 0) is 5.60 Å². The van der Waals surface area contributed by atoms with Crippen LogP contribution >= 0.6 is 0 Å². The summed E-state index contributed by atoms with van der Waals surface area (Å²) < 4.78 is 0. The molecule has 0 saturated carbocycles. The quantitative estimate of drug-likeness (QED) is 0.694. The number of aliphatic hydroxyl groups is 1. The molecule has 0 aromatic heterocycles. The summed E-state index contributed by atoms with van der Waals surface area (Å²) in [5, 5.41) is 21.7. The number of hydrogen-bond acceptors (Lipinski definition) is 4. The molecule has 0 radical (unpaired) electrons. The Morgan fingerprint density at radius 2 is 1.90 bits per heavy atom. The molecule has 3 rings (SSSR count). The maximum Gasteiger partial charge on any atom is 0.115 e. The van der Waals surface area contributed by atoms with E-state index >= 15 is 0 Å². The number of hydrogen-bond donors (Lipinski definition) is 2. The molecule has 0 aliphatic carbocycles. The largest absolute Gasteiger partial charge is 0.508 e. The normalized spacial score (nSPS) is 24.0. The van der Waals surface area contributed by atoms with Gasteiger partial charge in [0.25, 0.3) is 0 Å². The Morgan fingerprint density at radius 3 is 2.55 bits per heavy atom. The lowest BCUT2D eigenvalue weighted by Crippen LogP contribution is -2.53. The first kappa shape index (κ1) is 21.8. The van der Waals surface area contributed by atoms with Gasteiger partial charge in [-0.2, -0.15) is 0 Å². The lowest BCUT2D eigenvalue weighted by molar-refractivity contribution is -0.0937. The number of phenols is 1. The summed E-state index contributed by atoms with van der Waals surface area (Å²) in [6, 6.07) is 18.3. The Balaban J connectivity index is 1.88. The first-order valence-electron chi connectivity index (χ1n) is 10.9. The van der Waals surface area contributed by atoms with E-state index in [-0.39, 0.29) is 11.7 Å². The summed E-state index contributed by atoms with van der Waals surface area (Å²) in [5.41, 5.74) is 1.27. The fraction of sp³-hybridized carbons (Fsp3) is 0.520. The van der Waals surface area contributed by atoms with E-state index in [1.54, 1.807) is 12.1 Å². The second-order valence-electron chi connectivity index (χ2n) is 8.75. The van der Waals surface area contributed by atoms with E-state index in [1.165, 1.54) is 18.4 Å². The maximum atomic E-state index is 11.8. The summed E-state index contributed by atoms with van der Waals surface area (Å²) in [6.07, 6.45) is 4.20. The number of phenolic OH excluding ortho intramolecular Hbond substituents is 1. The van der Waals surface area contributed by atoms with Crippen LogP contribution in [0.1, 0.15) is 49.8 Å². The van der Waals surface area contributed by atoms with Crippen molar-refractivity contribution >= 4 is 0 Å². The SMILES string of the molecule is CCCCC(c1ccccc1)N1CCC(O)(c2cccc(O)c2)C(CN(C)C)C1. The highest BCUT2D eigenvalue weighted by Gasteiger charge is 2.44. The van der Waals surface area contributed by atoms with Crippen LogP contribution < -0.4 is 0 Å². The molecule has 4 nitrogen and oxygen atoms in total. The molecule has 0 amide bonds. The second kappa shape index (κ2) is 9.75. The Labute approximate surface area is 175 Å². The minimum atomic E-state index is -0.925. The molecule has 1 heterocycles. The summed E-state index contributed by atoms with van der Waals surface area (Å²) in [6.45, 7) is 4.73. The maximum absolute atomic E-state index is 11.8. The Kier molecular flexibility index (Phi) is 7.33. The lowest BCUT2D eigenvalue weighted by atomic mass is 9.75. The first-order chi connectivity index (χ1) is 13.9. The van der Waals surface area contributed by atoms with Gasteiger partial charge >= 0.3 is 0 Å². The van der Waals surface area contributed by atoms with Crippen LogP contribution in [0.3, 0.4) is 0 Å².